The average Bonchev–Trinajstić information content (AvgIpc) is 2.29. The molecule has 0 heterocycles. The van der Waals surface area contributed by atoms with E-state index < -0.39 is 5.92 Å². The van der Waals surface area contributed by atoms with Crippen molar-refractivity contribution in [3.63, 3.8) is 0 Å². The van der Waals surface area contributed by atoms with Crippen LogP contribution < -0.4 is 5.32 Å². The second-order valence-corrected chi connectivity index (χ2v) is 5.15. The molecule has 0 saturated heterocycles. The summed E-state index contributed by atoms with van der Waals surface area (Å²) < 4.78 is 30.9. The van der Waals surface area contributed by atoms with Gasteiger partial charge in [-0.2, -0.15) is 0 Å². The number of amides is 1. The lowest BCUT2D eigenvalue weighted by atomic mass is 9.86. The van der Waals surface area contributed by atoms with Crippen molar-refractivity contribution in [2.75, 3.05) is 19.6 Å². The molecule has 6 heteroatoms. The first kappa shape index (κ1) is 15.6. The van der Waals surface area contributed by atoms with E-state index >= 15 is 0 Å². The Labute approximate surface area is 111 Å². The van der Waals surface area contributed by atoms with E-state index in [1.165, 1.54) is 0 Å². The Morgan fingerprint density at radius 3 is 2.61 bits per heavy atom. The molecule has 1 saturated carbocycles. The zero-order chi connectivity index (χ0) is 13.6. The van der Waals surface area contributed by atoms with Crippen LogP contribution in [0, 0.1) is 5.92 Å². The molecule has 1 amide bonds. The van der Waals surface area contributed by atoms with Gasteiger partial charge in [0.25, 0.3) is 0 Å². The summed E-state index contributed by atoms with van der Waals surface area (Å²) in [6.45, 7) is 0.390. The Hall–Kier alpha value is -0.420. The first-order valence-corrected chi connectivity index (χ1v) is 6.75. The summed E-state index contributed by atoms with van der Waals surface area (Å²) in [6, 6.07) is -0.137. The molecule has 18 heavy (non-hydrogen) atoms. The Morgan fingerprint density at radius 1 is 1.50 bits per heavy atom. The number of hydrogen-bond acceptors (Lipinski definition) is 2. The van der Waals surface area contributed by atoms with Crippen molar-refractivity contribution in [1.29, 1.82) is 0 Å². The number of rotatable bonds is 6. The Bertz CT molecular complexity index is 261. The number of methoxy groups -OCH3 is 1. The second kappa shape index (κ2) is 7.24. The summed E-state index contributed by atoms with van der Waals surface area (Å²) in [5, 5.41) is 2.82. The number of hydrogen-bond donors (Lipinski definition) is 1. The Morgan fingerprint density at radius 2 is 2.11 bits per heavy atom. The molecule has 1 rings (SSSR count). The van der Waals surface area contributed by atoms with E-state index in [2.05, 4.69) is 5.32 Å². The summed E-state index contributed by atoms with van der Waals surface area (Å²) in [5.41, 5.74) is 0. The molecular formula is C12H20ClF2NO2. The Balaban J connectivity index is 2.39. The summed E-state index contributed by atoms with van der Waals surface area (Å²) in [5.74, 6) is -2.63. The summed E-state index contributed by atoms with van der Waals surface area (Å²) in [6.07, 6.45) is 0.716. The molecule has 1 unspecified atom stereocenters. The van der Waals surface area contributed by atoms with Gasteiger partial charge in [-0.15, -0.1) is 11.6 Å². The maximum Gasteiger partial charge on any atom is 0.248 e. The number of nitrogens with one attached hydrogen (secondary N) is 1. The van der Waals surface area contributed by atoms with Crippen LogP contribution in [0.15, 0.2) is 0 Å². The van der Waals surface area contributed by atoms with Gasteiger partial charge in [0.05, 0.1) is 12.6 Å². The van der Waals surface area contributed by atoms with E-state index in [1.807, 2.05) is 0 Å². The zero-order valence-corrected chi connectivity index (χ0v) is 11.3. The standard InChI is InChI=1S/C12H20ClF2NO2/c1-18-8-10(4-7-13)16-11(17)9-2-5-12(14,15)6-3-9/h9-10H,2-8H2,1H3,(H,16,17). The molecule has 0 spiro atoms. The van der Waals surface area contributed by atoms with Gasteiger partial charge in [0, 0.05) is 31.7 Å². The molecule has 0 aliphatic heterocycles. The maximum atomic E-state index is 13.0. The molecular weight excluding hydrogens is 264 g/mol. The quantitative estimate of drug-likeness (QED) is 0.761. The highest BCUT2D eigenvalue weighted by Crippen LogP contribution is 2.36. The van der Waals surface area contributed by atoms with E-state index in [0.29, 0.717) is 18.9 Å². The van der Waals surface area contributed by atoms with Gasteiger partial charge in [-0.05, 0) is 19.3 Å². The van der Waals surface area contributed by atoms with Gasteiger partial charge in [0.2, 0.25) is 11.8 Å². The molecule has 1 N–H and O–H groups in total. The first-order chi connectivity index (χ1) is 8.48. The third-order valence-electron chi connectivity index (χ3n) is 3.26. The van der Waals surface area contributed by atoms with E-state index in [9.17, 15) is 13.6 Å². The van der Waals surface area contributed by atoms with Crippen molar-refractivity contribution in [2.24, 2.45) is 5.92 Å². The fourth-order valence-electron chi connectivity index (χ4n) is 2.15. The lowest BCUT2D eigenvalue weighted by Crippen LogP contribution is -2.43. The van der Waals surface area contributed by atoms with Crippen LogP contribution in [-0.4, -0.2) is 37.5 Å². The third-order valence-corrected chi connectivity index (χ3v) is 3.48. The minimum atomic E-state index is -2.60. The highest BCUT2D eigenvalue weighted by molar-refractivity contribution is 6.17. The number of halogens is 3. The molecule has 0 aromatic carbocycles. The van der Waals surface area contributed by atoms with Crippen LogP contribution in [0.4, 0.5) is 8.78 Å². The van der Waals surface area contributed by atoms with Crippen molar-refractivity contribution in [2.45, 2.75) is 44.1 Å². The van der Waals surface area contributed by atoms with E-state index in [0.717, 1.165) is 0 Å². The lowest BCUT2D eigenvalue weighted by molar-refractivity contribution is -0.130. The van der Waals surface area contributed by atoms with Crippen LogP contribution in [0.25, 0.3) is 0 Å². The van der Waals surface area contributed by atoms with Crippen molar-refractivity contribution >= 4 is 17.5 Å². The second-order valence-electron chi connectivity index (χ2n) is 4.77. The number of alkyl halides is 3. The highest BCUT2D eigenvalue weighted by Gasteiger charge is 2.37. The normalized spacial score (nSPS) is 21.6. The van der Waals surface area contributed by atoms with Crippen LogP contribution >= 0.6 is 11.6 Å². The molecule has 0 radical (unpaired) electrons. The van der Waals surface area contributed by atoms with Crippen LogP contribution in [0.5, 0.6) is 0 Å². The SMILES string of the molecule is COCC(CCCl)NC(=O)C1CCC(F)(F)CC1. The largest absolute Gasteiger partial charge is 0.383 e. The summed E-state index contributed by atoms with van der Waals surface area (Å²) >= 11 is 5.63. The van der Waals surface area contributed by atoms with Gasteiger partial charge in [0.1, 0.15) is 0 Å². The van der Waals surface area contributed by atoms with Gasteiger partial charge in [-0.25, -0.2) is 8.78 Å². The number of carbonyl (C=O) groups excluding carboxylic acids is 1. The fourth-order valence-corrected chi connectivity index (χ4v) is 2.41. The molecule has 1 fully saturated rings. The van der Waals surface area contributed by atoms with Crippen LogP contribution in [-0.2, 0) is 9.53 Å². The molecule has 3 nitrogen and oxygen atoms in total. The molecule has 0 aromatic heterocycles. The minimum absolute atomic E-state index is 0.137. The van der Waals surface area contributed by atoms with Crippen molar-refractivity contribution in [3.8, 4) is 0 Å². The van der Waals surface area contributed by atoms with Gasteiger partial charge in [0.15, 0.2) is 0 Å². The predicted octanol–water partition coefficient (Wildman–Crippen LogP) is 2.57. The monoisotopic (exact) mass is 283 g/mol. The smallest absolute Gasteiger partial charge is 0.248 e. The number of carbonyl (C=O) groups is 1. The van der Waals surface area contributed by atoms with Crippen LogP contribution in [0.3, 0.4) is 0 Å². The van der Waals surface area contributed by atoms with E-state index in [4.69, 9.17) is 16.3 Å². The fraction of sp³-hybridized carbons (Fsp3) is 0.917. The topological polar surface area (TPSA) is 38.3 Å². The van der Waals surface area contributed by atoms with Crippen LogP contribution in [0.1, 0.15) is 32.1 Å². The minimum Gasteiger partial charge on any atom is -0.383 e. The van der Waals surface area contributed by atoms with Gasteiger partial charge >= 0.3 is 0 Å². The van der Waals surface area contributed by atoms with E-state index in [1.54, 1.807) is 7.11 Å². The Kier molecular flexibility index (Phi) is 6.29. The van der Waals surface area contributed by atoms with Crippen molar-refractivity contribution in [1.82, 2.24) is 5.32 Å². The molecule has 1 atom stereocenters. The van der Waals surface area contributed by atoms with Crippen LogP contribution in [0.2, 0.25) is 0 Å². The van der Waals surface area contributed by atoms with E-state index in [-0.39, 0.29) is 43.6 Å². The average molecular weight is 284 g/mol. The highest BCUT2D eigenvalue weighted by atomic mass is 35.5. The molecule has 106 valence electrons. The van der Waals surface area contributed by atoms with Gasteiger partial charge < -0.3 is 10.1 Å². The first-order valence-electron chi connectivity index (χ1n) is 6.21. The summed E-state index contributed by atoms with van der Waals surface area (Å²) in [4.78, 5) is 11.9. The zero-order valence-electron chi connectivity index (χ0n) is 10.6. The number of ether oxygens (including phenoxy) is 1. The molecule has 1 aliphatic carbocycles. The molecule has 0 aromatic rings. The molecule has 1 aliphatic rings. The maximum absolute atomic E-state index is 13.0. The van der Waals surface area contributed by atoms with Crippen molar-refractivity contribution in [3.05, 3.63) is 0 Å². The summed E-state index contributed by atoms with van der Waals surface area (Å²) in [7, 11) is 1.55. The van der Waals surface area contributed by atoms with Gasteiger partial charge in [-0.1, -0.05) is 0 Å². The predicted molar refractivity (Wildman–Crippen MR) is 66.0 cm³/mol. The molecule has 0 bridgehead atoms. The van der Waals surface area contributed by atoms with Gasteiger partial charge in [-0.3, -0.25) is 4.79 Å². The lowest BCUT2D eigenvalue weighted by Gasteiger charge is -2.28. The van der Waals surface area contributed by atoms with Crippen molar-refractivity contribution < 1.29 is 18.3 Å². The third kappa shape index (κ3) is 5.06.